The number of carboxylic acid groups (broad SMARTS) is 1. The van der Waals surface area contributed by atoms with Crippen molar-refractivity contribution in [3.05, 3.63) is 0 Å². The molecule has 1 spiro atoms. The molecule has 0 amide bonds. The minimum absolute atomic E-state index is 0.250. The molecular weight excluding hydrogens is 194 g/mol. The van der Waals surface area contributed by atoms with Gasteiger partial charge in [-0.25, -0.2) is 0 Å². The summed E-state index contributed by atoms with van der Waals surface area (Å²) in [7, 11) is 1.79. The highest BCUT2D eigenvalue weighted by atomic mass is 16.4. The van der Waals surface area contributed by atoms with E-state index in [0.29, 0.717) is 12.8 Å². The summed E-state index contributed by atoms with van der Waals surface area (Å²) >= 11 is 0. The molecule has 1 saturated carbocycles. The largest absolute Gasteiger partial charge is 0.480 e. The van der Waals surface area contributed by atoms with Crippen LogP contribution in [0.2, 0.25) is 0 Å². The predicted octanol–water partition coefficient (Wildman–Crippen LogP) is 1.05. The molecule has 0 bridgehead atoms. The number of carbonyl (C=O) groups is 2. The van der Waals surface area contributed by atoms with E-state index in [1.54, 1.807) is 11.9 Å². The molecule has 2 unspecified atom stereocenters. The molecule has 0 aromatic rings. The SMILES string of the molecule is CN1C(C(=O)O)CCC12CCCCC2=O. The van der Waals surface area contributed by atoms with Crippen molar-refractivity contribution < 1.29 is 14.7 Å². The number of rotatable bonds is 1. The van der Waals surface area contributed by atoms with Crippen molar-refractivity contribution in [3.8, 4) is 0 Å². The van der Waals surface area contributed by atoms with Gasteiger partial charge in [0.05, 0.1) is 5.54 Å². The lowest BCUT2D eigenvalue weighted by Gasteiger charge is -2.39. The Bertz CT molecular complexity index is 302. The van der Waals surface area contributed by atoms with Crippen molar-refractivity contribution in [1.29, 1.82) is 0 Å². The number of likely N-dealkylation sites (N-methyl/N-ethyl adjacent to an activating group) is 1. The van der Waals surface area contributed by atoms with Crippen LogP contribution in [-0.2, 0) is 9.59 Å². The lowest BCUT2D eigenvalue weighted by Crippen LogP contribution is -2.53. The molecule has 0 aromatic heterocycles. The number of hydrogen-bond donors (Lipinski definition) is 1. The minimum atomic E-state index is -0.798. The Kier molecular flexibility index (Phi) is 2.54. The third-order valence-electron chi connectivity index (χ3n) is 4.02. The number of aliphatic carboxylic acids is 1. The van der Waals surface area contributed by atoms with Gasteiger partial charge in [-0.1, -0.05) is 6.42 Å². The maximum Gasteiger partial charge on any atom is 0.320 e. The van der Waals surface area contributed by atoms with Gasteiger partial charge in [-0.05, 0) is 32.7 Å². The number of likely N-dealkylation sites (tertiary alicyclic amines) is 1. The topological polar surface area (TPSA) is 57.6 Å². The standard InChI is InChI=1S/C11H17NO3/c1-12-8(10(14)15)5-7-11(12)6-3-2-4-9(11)13/h8H,2-7H2,1H3,(H,14,15). The van der Waals surface area contributed by atoms with Crippen molar-refractivity contribution >= 4 is 11.8 Å². The second-order valence-corrected chi connectivity index (χ2v) is 4.67. The van der Waals surface area contributed by atoms with Crippen molar-refractivity contribution in [2.45, 2.75) is 50.1 Å². The summed E-state index contributed by atoms with van der Waals surface area (Å²) in [5, 5.41) is 9.03. The van der Waals surface area contributed by atoms with Crippen LogP contribution in [0.4, 0.5) is 0 Å². The van der Waals surface area contributed by atoms with Gasteiger partial charge in [0.1, 0.15) is 6.04 Å². The first kappa shape index (κ1) is 10.6. The third-order valence-corrected chi connectivity index (χ3v) is 4.02. The Balaban J connectivity index is 2.23. The van der Waals surface area contributed by atoms with E-state index in [-0.39, 0.29) is 5.78 Å². The summed E-state index contributed by atoms with van der Waals surface area (Å²) in [5.74, 6) is -0.548. The van der Waals surface area contributed by atoms with E-state index in [9.17, 15) is 9.59 Å². The Morgan fingerprint density at radius 3 is 2.73 bits per heavy atom. The Morgan fingerprint density at radius 2 is 2.20 bits per heavy atom. The molecule has 84 valence electrons. The van der Waals surface area contributed by atoms with Crippen LogP contribution in [0.25, 0.3) is 0 Å². The number of Topliss-reactive ketones (excluding diaryl/α,β-unsaturated/α-hetero) is 1. The third kappa shape index (κ3) is 1.47. The Hall–Kier alpha value is -0.900. The van der Waals surface area contributed by atoms with Gasteiger partial charge in [-0.2, -0.15) is 0 Å². The number of carbonyl (C=O) groups excluding carboxylic acids is 1. The highest BCUT2D eigenvalue weighted by molar-refractivity contribution is 5.90. The summed E-state index contributed by atoms with van der Waals surface area (Å²) in [6.45, 7) is 0. The first-order valence-corrected chi connectivity index (χ1v) is 5.57. The molecule has 4 nitrogen and oxygen atoms in total. The number of nitrogens with zero attached hydrogens (tertiary/aromatic N) is 1. The maximum atomic E-state index is 12.0. The summed E-state index contributed by atoms with van der Waals surface area (Å²) in [6.07, 6.45) is 4.80. The molecule has 4 heteroatoms. The average Bonchev–Trinajstić information content (AvgIpc) is 2.51. The van der Waals surface area contributed by atoms with E-state index in [2.05, 4.69) is 0 Å². The van der Waals surface area contributed by atoms with Gasteiger partial charge >= 0.3 is 5.97 Å². The van der Waals surface area contributed by atoms with Crippen LogP contribution in [0.3, 0.4) is 0 Å². The fourth-order valence-corrected chi connectivity index (χ4v) is 3.05. The zero-order chi connectivity index (χ0) is 11.1. The van der Waals surface area contributed by atoms with Gasteiger partial charge in [-0.15, -0.1) is 0 Å². The quantitative estimate of drug-likeness (QED) is 0.704. The predicted molar refractivity (Wildman–Crippen MR) is 54.6 cm³/mol. The lowest BCUT2D eigenvalue weighted by atomic mass is 9.79. The van der Waals surface area contributed by atoms with Gasteiger partial charge in [-0.3, -0.25) is 14.5 Å². The summed E-state index contributed by atoms with van der Waals surface area (Å²) < 4.78 is 0. The van der Waals surface area contributed by atoms with Gasteiger partial charge in [0, 0.05) is 6.42 Å². The molecular formula is C11H17NO3. The zero-order valence-corrected chi connectivity index (χ0v) is 9.03. The monoisotopic (exact) mass is 211 g/mol. The second-order valence-electron chi connectivity index (χ2n) is 4.67. The first-order chi connectivity index (χ1) is 7.08. The highest BCUT2D eigenvalue weighted by Gasteiger charge is 2.51. The van der Waals surface area contributed by atoms with Crippen molar-refractivity contribution in [2.24, 2.45) is 0 Å². The fourth-order valence-electron chi connectivity index (χ4n) is 3.05. The van der Waals surface area contributed by atoms with Crippen molar-refractivity contribution in [3.63, 3.8) is 0 Å². The maximum absolute atomic E-state index is 12.0. The van der Waals surface area contributed by atoms with Crippen LogP contribution in [0.5, 0.6) is 0 Å². The molecule has 1 N–H and O–H groups in total. The van der Waals surface area contributed by atoms with Crippen LogP contribution in [-0.4, -0.2) is 40.4 Å². The van der Waals surface area contributed by atoms with Gasteiger partial charge in [0.15, 0.2) is 5.78 Å². The molecule has 0 aromatic carbocycles. The summed E-state index contributed by atoms with van der Waals surface area (Å²) in [6, 6.07) is -0.466. The normalized spacial score (nSPS) is 37.4. The lowest BCUT2D eigenvalue weighted by molar-refractivity contribution is -0.145. The molecule has 2 atom stereocenters. The zero-order valence-electron chi connectivity index (χ0n) is 9.03. The number of carboxylic acids is 1. The number of hydrogen-bond acceptors (Lipinski definition) is 3. The molecule has 15 heavy (non-hydrogen) atoms. The molecule has 0 radical (unpaired) electrons. The minimum Gasteiger partial charge on any atom is -0.480 e. The first-order valence-electron chi connectivity index (χ1n) is 5.57. The average molecular weight is 211 g/mol. The molecule has 2 aliphatic rings. The fraction of sp³-hybridized carbons (Fsp3) is 0.818. The highest BCUT2D eigenvalue weighted by Crippen LogP contribution is 2.41. The van der Waals surface area contributed by atoms with Gasteiger partial charge in [0.2, 0.25) is 0 Å². The Labute approximate surface area is 89.3 Å². The van der Waals surface area contributed by atoms with E-state index in [1.807, 2.05) is 0 Å². The molecule has 1 heterocycles. The van der Waals surface area contributed by atoms with Crippen LogP contribution in [0, 0.1) is 0 Å². The van der Waals surface area contributed by atoms with E-state index < -0.39 is 17.6 Å². The summed E-state index contributed by atoms with van der Waals surface area (Å²) in [4.78, 5) is 24.8. The van der Waals surface area contributed by atoms with Crippen LogP contribution >= 0.6 is 0 Å². The van der Waals surface area contributed by atoms with Gasteiger partial charge in [0.25, 0.3) is 0 Å². The molecule has 1 aliphatic heterocycles. The van der Waals surface area contributed by atoms with Crippen LogP contribution < -0.4 is 0 Å². The summed E-state index contributed by atoms with van der Waals surface area (Å²) in [5.41, 5.74) is -0.443. The molecule has 2 rings (SSSR count). The van der Waals surface area contributed by atoms with Crippen LogP contribution in [0.1, 0.15) is 38.5 Å². The molecule has 1 saturated heterocycles. The Morgan fingerprint density at radius 1 is 1.47 bits per heavy atom. The van der Waals surface area contributed by atoms with Crippen LogP contribution in [0.15, 0.2) is 0 Å². The smallest absolute Gasteiger partial charge is 0.320 e. The second kappa shape index (κ2) is 3.59. The molecule has 2 fully saturated rings. The van der Waals surface area contributed by atoms with E-state index in [4.69, 9.17) is 5.11 Å². The van der Waals surface area contributed by atoms with Crippen molar-refractivity contribution in [2.75, 3.05) is 7.05 Å². The van der Waals surface area contributed by atoms with Gasteiger partial charge < -0.3 is 5.11 Å². The molecule has 1 aliphatic carbocycles. The van der Waals surface area contributed by atoms with Crippen molar-refractivity contribution in [1.82, 2.24) is 4.90 Å². The van der Waals surface area contributed by atoms with E-state index in [0.717, 1.165) is 25.7 Å². The van der Waals surface area contributed by atoms with E-state index in [1.165, 1.54) is 0 Å². The number of ketones is 1. The van der Waals surface area contributed by atoms with E-state index >= 15 is 0 Å².